The number of Topliss-reactive ketones (excluding diaryl/α,β-unsaturated/α-hetero) is 2. The SMILES string of the molecule is CCCON=C(CCC)C1C(=O)CC(CC(C)SCC)CC1=O. The van der Waals surface area contributed by atoms with Gasteiger partial charge >= 0.3 is 0 Å². The molecule has 0 radical (unpaired) electrons. The zero-order chi connectivity index (χ0) is 17.2. The predicted octanol–water partition coefficient (Wildman–Crippen LogP) is 4.27. The number of nitrogens with zero attached hydrogens (tertiary/aromatic N) is 1. The fraction of sp³-hybridized carbons (Fsp3) is 0.833. The topological polar surface area (TPSA) is 55.7 Å². The standard InChI is InChI=1S/C18H31NO3S/c1-5-8-15(19-22-9-6-2)18-16(20)11-14(12-17(18)21)10-13(4)23-7-3/h13-14,18H,5-12H2,1-4H3. The minimum atomic E-state index is -0.655. The molecule has 23 heavy (non-hydrogen) atoms. The molecule has 132 valence electrons. The Morgan fingerprint density at radius 2 is 1.87 bits per heavy atom. The largest absolute Gasteiger partial charge is 0.396 e. The fourth-order valence-corrected chi connectivity index (χ4v) is 4.11. The number of hydrogen-bond acceptors (Lipinski definition) is 5. The van der Waals surface area contributed by atoms with Gasteiger partial charge in [-0.15, -0.1) is 0 Å². The van der Waals surface area contributed by atoms with Crippen molar-refractivity contribution in [1.82, 2.24) is 0 Å². The molecule has 1 aliphatic rings. The highest BCUT2D eigenvalue weighted by atomic mass is 32.2. The van der Waals surface area contributed by atoms with Crippen LogP contribution in [0.2, 0.25) is 0 Å². The summed E-state index contributed by atoms with van der Waals surface area (Å²) in [5.74, 6) is 0.678. The van der Waals surface area contributed by atoms with Gasteiger partial charge in [0, 0.05) is 18.1 Å². The van der Waals surface area contributed by atoms with Gasteiger partial charge in [0.05, 0.1) is 5.71 Å². The fourth-order valence-electron chi connectivity index (χ4n) is 3.14. The number of rotatable bonds is 10. The number of carbonyl (C=O) groups excluding carboxylic acids is 2. The quantitative estimate of drug-likeness (QED) is 0.258. The van der Waals surface area contributed by atoms with Crippen molar-refractivity contribution in [1.29, 1.82) is 0 Å². The molecule has 1 saturated carbocycles. The van der Waals surface area contributed by atoms with Gasteiger partial charge in [-0.25, -0.2) is 0 Å². The highest BCUT2D eigenvalue weighted by molar-refractivity contribution is 7.99. The molecule has 0 saturated heterocycles. The number of thioether (sulfide) groups is 1. The zero-order valence-electron chi connectivity index (χ0n) is 15.0. The molecule has 0 aliphatic heterocycles. The molecule has 4 nitrogen and oxygen atoms in total. The summed E-state index contributed by atoms with van der Waals surface area (Å²) in [6.45, 7) is 8.87. The molecule has 1 atom stereocenters. The van der Waals surface area contributed by atoms with E-state index in [0.717, 1.165) is 25.0 Å². The van der Waals surface area contributed by atoms with Crippen LogP contribution in [0.15, 0.2) is 5.16 Å². The Kier molecular flexibility index (Phi) is 9.53. The minimum absolute atomic E-state index is 0.0345. The van der Waals surface area contributed by atoms with Crippen molar-refractivity contribution in [3.8, 4) is 0 Å². The molecule has 1 fully saturated rings. The Morgan fingerprint density at radius 3 is 2.39 bits per heavy atom. The second kappa shape index (κ2) is 10.8. The molecular formula is C18H31NO3S. The van der Waals surface area contributed by atoms with E-state index in [2.05, 4.69) is 19.0 Å². The third-order valence-electron chi connectivity index (χ3n) is 4.06. The van der Waals surface area contributed by atoms with E-state index in [-0.39, 0.29) is 17.5 Å². The van der Waals surface area contributed by atoms with Gasteiger partial charge in [0.1, 0.15) is 24.1 Å². The van der Waals surface area contributed by atoms with Crippen LogP contribution in [0.4, 0.5) is 0 Å². The smallest absolute Gasteiger partial charge is 0.149 e. The van der Waals surface area contributed by atoms with Crippen molar-refractivity contribution < 1.29 is 14.4 Å². The first kappa shape index (κ1) is 20.2. The van der Waals surface area contributed by atoms with Crippen LogP contribution in [0.5, 0.6) is 0 Å². The van der Waals surface area contributed by atoms with Crippen molar-refractivity contribution in [3.63, 3.8) is 0 Å². The number of hydrogen-bond donors (Lipinski definition) is 0. The summed E-state index contributed by atoms with van der Waals surface area (Å²) >= 11 is 1.89. The van der Waals surface area contributed by atoms with E-state index >= 15 is 0 Å². The molecule has 0 aromatic heterocycles. The van der Waals surface area contributed by atoms with Gasteiger partial charge in [-0.05, 0) is 30.9 Å². The van der Waals surface area contributed by atoms with Crippen LogP contribution in [0.1, 0.15) is 66.2 Å². The third-order valence-corrected chi connectivity index (χ3v) is 5.15. The molecule has 0 spiro atoms. The van der Waals surface area contributed by atoms with Crippen LogP contribution in [0.25, 0.3) is 0 Å². The van der Waals surface area contributed by atoms with E-state index in [1.165, 1.54) is 0 Å². The Bertz CT molecular complexity index is 404. The lowest BCUT2D eigenvalue weighted by Crippen LogP contribution is -2.39. The summed E-state index contributed by atoms with van der Waals surface area (Å²) in [5, 5.41) is 4.61. The monoisotopic (exact) mass is 341 g/mol. The summed E-state index contributed by atoms with van der Waals surface area (Å²) in [4.78, 5) is 30.3. The maximum atomic E-state index is 12.5. The lowest BCUT2D eigenvalue weighted by Gasteiger charge is -2.28. The normalized spacial score (nSPS) is 23.9. The summed E-state index contributed by atoms with van der Waals surface area (Å²) in [6, 6.07) is 0. The lowest BCUT2D eigenvalue weighted by atomic mass is 9.75. The summed E-state index contributed by atoms with van der Waals surface area (Å²) < 4.78 is 0. The van der Waals surface area contributed by atoms with Crippen LogP contribution >= 0.6 is 11.8 Å². The van der Waals surface area contributed by atoms with Gasteiger partial charge in [-0.2, -0.15) is 11.8 Å². The van der Waals surface area contributed by atoms with Crippen LogP contribution in [0.3, 0.4) is 0 Å². The molecule has 0 bridgehead atoms. The Morgan fingerprint density at radius 1 is 1.22 bits per heavy atom. The van der Waals surface area contributed by atoms with E-state index in [9.17, 15) is 9.59 Å². The van der Waals surface area contributed by atoms with E-state index in [4.69, 9.17) is 4.84 Å². The van der Waals surface area contributed by atoms with Gasteiger partial charge in [-0.3, -0.25) is 9.59 Å². The predicted molar refractivity (Wildman–Crippen MR) is 97.0 cm³/mol. The van der Waals surface area contributed by atoms with Crippen molar-refractivity contribution in [2.45, 2.75) is 71.5 Å². The highest BCUT2D eigenvalue weighted by Gasteiger charge is 2.38. The maximum Gasteiger partial charge on any atom is 0.149 e. The van der Waals surface area contributed by atoms with E-state index < -0.39 is 5.92 Å². The third kappa shape index (κ3) is 6.66. The van der Waals surface area contributed by atoms with E-state index in [0.29, 0.717) is 36.8 Å². The van der Waals surface area contributed by atoms with Gasteiger partial charge in [0.15, 0.2) is 0 Å². The van der Waals surface area contributed by atoms with Gasteiger partial charge in [0.2, 0.25) is 0 Å². The summed E-state index contributed by atoms with van der Waals surface area (Å²) in [6.07, 6.45) is 4.32. The van der Waals surface area contributed by atoms with E-state index in [1.54, 1.807) is 0 Å². The molecule has 0 heterocycles. The second-order valence-electron chi connectivity index (χ2n) is 6.31. The van der Waals surface area contributed by atoms with Gasteiger partial charge in [0.25, 0.3) is 0 Å². The summed E-state index contributed by atoms with van der Waals surface area (Å²) in [7, 11) is 0. The highest BCUT2D eigenvalue weighted by Crippen LogP contribution is 2.31. The Balaban J connectivity index is 2.72. The van der Waals surface area contributed by atoms with Crippen LogP contribution in [-0.4, -0.2) is 34.9 Å². The number of ketones is 2. The Hall–Kier alpha value is -0.840. The molecule has 1 aliphatic carbocycles. The van der Waals surface area contributed by atoms with Crippen molar-refractivity contribution in [2.24, 2.45) is 17.0 Å². The maximum absolute atomic E-state index is 12.5. The van der Waals surface area contributed by atoms with Crippen molar-refractivity contribution in [3.05, 3.63) is 0 Å². The molecule has 5 heteroatoms. The second-order valence-corrected chi connectivity index (χ2v) is 8.02. The minimum Gasteiger partial charge on any atom is -0.396 e. The number of oxime groups is 1. The average Bonchev–Trinajstić information content (AvgIpc) is 2.47. The van der Waals surface area contributed by atoms with Gasteiger partial charge in [-0.1, -0.05) is 39.3 Å². The molecular weight excluding hydrogens is 310 g/mol. The van der Waals surface area contributed by atoms with Crippen LogP contribution < -0.4 is 0 Å². The molecule has 0 aromatic rings. The lowest BCUT2D eigenvalue weighted by molar-refractivity contribution is -0.134. The summed E-state index contributed by atoms with van der Waals surface area (Å²) in [5.41, 5.74) is 0.630. The van der Waals surface area contributed by atoms with E-state index in [1.807, 2.05) is 25.6 Å². The molecule has 1 rings (SSSR count). The first-order chi connectivity index (χ1) is 11.0. The number of carbonyl (C=O) groups is 2. The van der Waals surface area contributed by atoms with Gasteiger partial charge < -0.3 is 4.84 Å². The first-order valence-electron chi connectivity index (χ1n) is 8.89. The molecule has 0 aromatic carbocycles. The zero-order valence-corrected chi connectivity index (χ0v) is 15.8. The first-order valence-corrected chi connectivity index (χ1v) is 9.93. The van der Waals surface area contributed by atoms with Crippen LogP contribution in [-0.2, 0) is 14.4 Å². The van der Waals surface area contributed by atoms with Crippen LogP contribution in [0, 0.1) is 11.8 Å². The Labute approximate surface area is 144 Å². The van der Waals surface area contributed by atoms with Crippen molar-refractivity contribution in [2.75, 3.05) is 12.4 Å². The van der Waals surface area contributed by atoms with Crippen molar-refractivity contribution >= 4 is 29.0 Å². The molecule has 0 N–H and O–H groups in total. The molecule has 1 unspecified atom stereocenters. The average molecular weight is 342 g/mol. The molecule has 0 amide bonds.